The number of aliphatic hydroxyl groups excluding tert-OH is 2. The Labute approximate surface area is 503 Å². The van der Waals surface area contributed by atoms with Crippen molar-refractivity contribution in [2.75, 3.05) is 13.2 Å². The predicted molar refractivity (Wildman–Crippen MR) is 240 cm³/mol. The van der Waals surface area contributed by atoms with Crippen LogP contribution in [-0.4, -0.2) is 94.3 Å². The van der Waals surface area contributed by atoms with Crippen LogP contribution < -0.4 is 16.0 Å². The Morgan fingerprint density at radius 3 is 0.910 bits per heavy atom. The molecule has 9 amide bonds. The summed E-state index contributed by atoms with van der Waals surface area (Å²) < 4.78 is 0. The molecule has 67 heavy (non-hydrogen) atoms. The summed E-state index contributed by atoms with van der Waals surface area (Å²) in [5.41, 5.74) is -3.82. The van der Waals surface area contributed by atoms with Gasteiger partial charge in [0.15, 0.2) is 0 Å². The standard InChI is InChI=1S/C19H38NO2.C11H20NO2.3C4H3NO2.C3H6NO2.Ar.3Y/c1-14(2,3)18(20-13-21,15(4,5)6)19(22,16(7,8)9)17(10,11)12;1-10(2,3)8(12-7-13)9(14)11(4,5)6;3*6-3-1-2-4(7)5-3;5-2-1-4-3-6;;;;/h22H,1-12H3,(H,20,21);14H,1-6H3,(H,12,13);3*1-2H,(H,5,6,7);5H,1-2H2,(H,4,6);;;;/q2*-1;;;;-1;;;;/p-3/b;9-8-;;;;;;;;. The van der Waals surface area contributed by atoms with Gasteiger partial charge in [-0.2, -0.15) is 12.8 Å². The molecule has 0 atom stereocenters. The van der Waals surface area contributed by atoms with Crippen LogP contribution in [0.15, 0.2) is 47.9 Å². The van der Waals surface area contributed by atoms with E-state index in [1.54, 1.807) is 6.41 Å². The molecule has 0 aromatic carbocycles. The van der Waals surface area contributed by atoms with Gasteiger partial charge in [0.2, 0.25) is 0 Å². The Bertz CT molecular complexity index is 1600. The maximum atomic E-state index is 12.2. The minimum atomic E-state index is -1.17. The smallest absolute Gasteiger partial charge is 0.0957 e. The maximum absolute atomic E-state index is 12.2. The minimum Gasteiger partial charge on any atom is -0.589 e. The van der Waals surface area contributed by atoms with Gasteiger partial charge in [-0.15, -0.1) is 0 Å². The Hall–Kier alpha value is -0.919. The van der Waals surface area contributed by atoms with E-state index in [4.69, 9.17) is 5.11 Å². The first-order valence-corrected chi connectivity index (χ1v) is 19.8. The van der Waals surface area contributed by atoms with Crippen LogP contribution in [0.5, 0.6) is 0 Å². The molecule has 375 valence electrons. The fourth-order valence-corrected chi connectivity index (χ4v) is 7.11. The Balaban J connectivity index is -0.000000137. The van der Waals surface area contributed by atoms with Gasteiger partial charge in [-0.05, 0) is 58.1 Å². The number of hydrogen-bond donors (Lipinski definition) is 6. The SMILES string of the molecule is CC(C)(C)/C(O)=C(/N[C-]=O)C(C)(C)C.CC(C)(C)C(O)(C(C)(C)C)C(N[C-]=O)(C(C)(C)C)C(C)(C)C.O=C1C=CC(=O)[N-]1.O=C1C=CC(=O)[N-]1.O=C1C=CC(=O)[N-]1.O=[C-]NCCO.[Ar].[Y].[Y].[Y]. The molecule has 0 unspecified atom stereocenters. The zero-order chi connectivity index (χ0) is 50.6. The van der Waals surface area contributed by atoms with Gasteiger partial charge < -0.3 is 90.4 Å². The molecule has 6 N–H and O–H groups in total. The molecule has 0 aromatic rings. The molecule has 0 fully saturated rings. The van der Waals surface area contributed by atoms with Crippen LogP contribution in [0.3, 0.4) is 0 Å². The number of imide groups is 3. The second-order valence-electron chi connectivity index (χ2n) is 20.3. The fourth-order valence-electron chi connectivity index (χ4n) is 7.11. The van der Waals surface area contributed by atoms with Gasteiger partial charge in [-0.25, -0.2) is 0 Å². The minimum absolute atomic E-state index is 0. The first-order chi connectivity index (χ1) is 28.2. The Kier molecular flexibility index (Phi) is 41.2. The van der Waals surface area contributed by atoms with E-state index in [9.17, 15) is 53.4 Å². The molecule has 0 bridgehead atoms. The van der Waals surface area contributed by atoms with Gasteiger partial charge in [0.05, 0.1) is 54.1 Å². The van der Waals surface area contributed by atoms with Crippen LogP contribution >= 0.6 is 0 Å². The van der Waals surface area contributed by atoms with Crippen molar-refractivity contribution in [1.82, 2.24) is 16.0 Å². The van der Waals surface area contributed by atoms with Gasteiger partial charge in [0, 0.05) is 159 Å². The van der Waals surface area contributed by atoms with Crippen LogP contribution in [0.2, 0.25) is 0 Å². The first-order valence-electron chi connectivity index (χ1n) is 19.8. The van der Waals surface area contributed by atoms with Gasteiger partial charge in [0.25, 0.3) is 0 Å². The molecule has 3 aliphatic rings. The third kappa shape index (κ3) is 27.5. The third-order valence-corrected chi connectivity index (χ3v) is 9.15. The quantitative estimate of drug-likeness (QED) is 0.0587. The van der Waals surface area contributed by atoms with Crippen LogP contribution in [0.25, 0.3) is 16.0 Å². The monoisotopic (exact) mass is 1190 g/mol. The number of carbonyl (C=O) groups excluding carboxylic acids is 9. The summed E-state index contributed by atoms with van der Waals surface area (Å²) in [6.45, 7) is 36.4. The van der Waals surface area contributed by atoms with Crippen LogP contribution in [0.1, 0.15) is 125 Å². The molecule has 0 aliphatic carbocycles. The maximum Gasteiger partial charge on any atom is 0.0957 e. The summed E-state index contributed by atoms with van der Waals surface area (Å²) >= 11 is 0. The molecular weight excluding hydrogens is 1120 g/mol. The van der Waals surface area contributed by atoms with Crippen LogP contribution in [0.4, 0.5) is 0 Å². The average Bonchev–Trinajstić information content (AvgIpc) is 3.81. The predicted octanol–water partition coefficient (Wildman–Crippen LogP) is 5.38. The molecular formula is C45H70ArN6O12Y3-6. The number of allylic oxidation sites excluding steroid dienone is 2. The van der Waals surface area contributed by atoms with Crippen molar-refractivity contribution in [3.63, 3.8) is 0 Å². The summed E-state index contributed by atoms with van der Waals surface area (Å²) in [5.74, 6) is -2.52. The number of hydrogen-bond acceptors (Lipinski definition) is 12. The fraction of sp³-hybridized carbons (Fsp3) is 0.622. The molecule has 0 saturated heterocycles. The zero-order valence-corrected chi connectivity index (χ0v) is 51.5. The number of aliphatic hydroxyl groups is 3. The molecule has 3 radical (unpaired) electrons. The van der Waals surface area contributed by atoms with Crippen LogP contribution in [0, 0.1) is 70.2 Å². The molecule has 0 aromatic heterocycles. The number of nitrogens with one attached hydrogen (secondary N) is 3. The van der Waals surface area contributed by atoms with E-state index in [0.717, 1.165) is 36.5 Å². The van der Waals surface area contributed by atoms with E-state index in [-0.39, 0.29) is 170 Å². The summed E-state index contributed by atoms with van der Waals surface area (Å²) in [5, 5.41) is 46.6. The van der Waals surface area contributed by atoms with Crippen molar-refractivity contribution >= 4 is 54.7 Å². The van der Waals surface area contributed by atoms with Crippen molar-refractivity contribution < 1.29 is 194 Å². The van der Waals surface area contributed by atoms with E-state index in [1.807, 2.05) is 89.5 Å². The van der Waals surface area contributed by atoms with E-state index in [0.29, 0.717) is 12.2 Å². The molecule has 0 saturated carbocycles. The topological polar surface area (TPSA) is 293 Å². The van der Waals surface area contributed by atoms with Crippen molar-refractivity contribution in [3.05, 3.63) is 63.9 Å². The number of rotatable bonds is 8. The van der Waals surface area contributed by atoms with E-state index in [1.165, 1.54) is 6.41 Å². The normalized spacial score (nSPS) is 14.4. The van der Waals surface area contributed by atoms with Gasteiger partial charge in [-0.3, -0.25) is 0 Å². The van der Waals surface area contributed by atoms with Gasteiger partial charge in [-0.1, -0.05) is 136 Å². The average molecular weight is 1190 g/mol. The molecule has 3 heterocycles. The number of carbonyl (C=O) groups is 6. The summed E-state index contributed by atoms with van der Waals surface area (Å²) in [6, 6.07) is 0. The largest absolute Gasteiger partial charge is 0.589 e. The molecule has 0 spiro atoms. The van der Waals surface area contributed by atoms with Crippen molar-refractivity contribution in [1.29, 1.82) is 0 Å². The van der Waals surface area contributed by atoms with Crippen LogP contribution in [-0.2, 0) is 141 Å². The second-order valence-corrected chi connectivity index (χ2v) is 20.3. The van der Waals surface area contributed by atoms with Crippen molar-refractivity contribution in [2.45, 2.75) is 136 Å². The van der Waals surface area contributed by atoms with Crippen molar-refractivity contribution in [2.24, 2.45) is 32.5 Å². The van der Waals surface area contributed by atoms with E-state index in [2.05, 4.69) is 73.4 Å². The molecule has 22 heteroatoms. The molecule has 3 aliphatic heterocycles. The van der Waals surface area contributed by atoms with E-state index >= 15 is 0 Å². The summed E-state index contributed by atoms with van der Waals surface area (Å²) in [7, 11) is 0. The molecule has 3 rings (SSSR count). The molecule has 18 nitrogen and oxygen atoms in total. The first kappa shape index (κ1) is 80.2. The Morgan fingerprint density at radius 1 is 0.507 bits per heavy atom. The summed E-state index contributed by atoms with van der Waals surface area (Å²) in [4.78, 5) is 90.9. The number of amides is 9. The summed E-state index contributed by atoms with van der Waals surface area (Å²) in [6.07, 6.45) is 11.8. The Morgan fingerprint density at radius 2 is 0.791 bits per heavy atom. The van der Waals surface area contributed by atoms with Crippen molar-refractivity contribution in [3.8, 4) is 0 Å². The zero-order valence-electron chi connectivity index (χ0n) is 42.3. The second kappa shape index (κ2) is 34.4. The van der Waals surface area contributed by atoms with Gasteiger partial charge in [0.1, 0.15) is 0 Å². The third-order valence-electron chi connectivity index (χ3n) is 9.15. The number of nitrogens with zero attached hydrogens (tertiary/aromatic N) is 3. The van der Waals surface area contributed by atoms with E-state index < -0.39 is 57.4 Å². The van der Waals surface area contributed by atoms with Gasteiger partial charge >= 0.3 is 0 Å².